The Kier molecular flexibility index (Phi) is 13.4. The lowest BCUT2D eigenvalue weighted by Gasteiger charge is -2.39. The molecule has 0 aromatic carbocycles. The summed E-state index contributed by atoms with van der Waals surface area (Å²) in [4.78, 5) is 53.4. The summed E-state index contributed by atoms with van der Waals surface area (Å²) in [6.45, 7) is 12.6. The van der Waals surface area contributed by atoms with Crippen molar-refractivity contribution in [1.82, 2.24) is 40.5 Å². The van der Waals surface area contributed by atoms with E-state index in [2.05, 4.69) is 84.7 Å². The third kappa shape index (κ3) is 11.6. The molecule has 4 fully saturated rings. The van der Waals surface area contributed by atoms with E-state index >= 15 is 0 Å². The molecule has 5 unspecified atom stereocenters. The number of rotatable bonds is 14. The van der Waals surface area contributed by atoms with Crippen LogP contribution in [0.1, 0.15) is 71.3 Å². The van der Waals surface area contributed by atoms with Gasteiger partial charge in [-0.25, -0.2) is 29.9 Å². The minimum absolute atomic E-state index is 0.0289. The van der Waals surface area contributed by atoms with E-state index in [1.54, 1.807) is 12.1 Å². The molecule has 0 aliphatic carbocycles. The predicted octanol–water partition coefficient (Wildman–Crippen LogP) is 5.33. The average molecular weight is 833 g/mol. The molecule has 4 aromatic rings. The molecule has 0 radical (unpaired) electrons. The number of pyridine rings is 2. The molecular weight excluding hydrogens is 773 g/mol. The topological polar surface area (TPSA) is 202 Å². The number of aromatic nitrogens is 6. The molecular formula is C45H60N12O4. The maximum Gasteiger partial charge on any atom is 0.229 e. The van der Waals surface area contributed by atoms with Gasteiger partial charge in [-0.3, -0.25) is 9.59 Å². The predicted molar refractivity (Wildman–Crippen MR) is 235 cm³/mol. The van der Waals surface area contributed by atoms with Crippen molar-refractivity contribution in [3.05, 3.63) is 60.7 Å². The van der Waals surface area contributed by atoms with Crippen LogP contribution in [0.3, 0.4) is 0 Å². The quantitative estimate of drug-likeness (QED) is 0.0952. The van der Waals surface area contributed by atoms with Crippen molar-refractivity contribution in [2.45, 2.75) is 83.3 Å². The third-order valence-electron chi connectivity index (χ3n) is 12.3. The summed E-state index contributed by atoms with van der Waals surface area (Å²) >= 11 is 0. The maximum atomic E-state index is 12.9. The fourth-order valence-electron chi connectivity index (χ4n) is 9.13. The second-order valence-electron chi connectivity index (χ2n) is 18.0. The normalized spacial score (nSPS) is 25.0. The number of carbonyl (C=O) groups excluding carboxylic acids is 2. The first-order chi connectivity index (χ1) is 29.5. The third-order valence-corrected chi connectivity index (χ3v) is 12.3. The zero-order valence-electron chi connectivity index (χ0n) is 35.6. The van der Waals surface area contributed by atoms with Crippen molar-refractivity contribution >= 4 is 35.1 Å². The van der Waals surface area contributed by atoms with E-state index in [9.17, 15) is 9.59 Å². The molecule has 4 aliphatic heterocycles. The Morgan fingerprint density at radius 3 is 1.98 bits per heavy atom. The van der Waals surface area contributed by atoms with Gasteiger partial charge in [0.05, 0.1) is 45.8 Å². The average Bonchev–Trinajstić information content (AvgIpc) is 3.81. The first-order valence-electron chi connectivity index (χ1n) is 22.0. The molecule has 61 heavy (non-hydrogen) atoms. The lowest BCUT2D eigenvalue weighted by Crippen LogP contribution is -2.41. The van der Waals surface area contributed by atoms with Crippen LogP contribution in [0.15, 0.2) is 55.1 Å². The van der Waals surface area contributed by atoms with Gasteiger partial charge in [-0.15, -0.1) is 0 Å². The molecule has 6 N–H and O–H groups in total. The summed E-state index contributed by atoms with van der Waals surface area (Å²) in [5, 5.41) is 19.7. The Morgan fingerprint density at radius 2 is 1.31 bits per heavy atom. The molecule has 5 atom stereocenters. The molecule has 16 heteroatoms. The van der Waals surface area contributed by atoms with E-state index in [0.717, 1.165) is 94.9 Å². The van der Waals surface area contributed by atoms with Crippen LogP contribution in [-0.4, -0.2) is 105 Å². The second-order valence-corrected chi connectivity index (χ2v) is 18.0. The summed E-state index contributed by atoms with van der Waals surface area (Å²) in [7, 11) is 0. The number of nitrogens with zero attached hydrogens (tertiary/aromatic N) is 6. The molecule has 324 valence electrons. The number of carbonyl (C=O) groups is 2. The van der Waals surface area contributed by atoms with Gasteiger partial charge in [0.25, 0.3) is 0 Å². The van der Waals surface area contributed by atoms with Crippen LogP contribution >= 0.6 is 0 Å². The number of hydrogen-bond acceptors (Lipinski definition) is 14. The van der Waals surface area contributed by atoms with Gasteiger partial charge in [0.15, 0.2) is 0 Å². The summed E-state index contributed by atoms with van der Waals surface area (Å²) < 4.78 is 12.5. The van der Waals surface area contributed by atoms with Gasteiger partial charge in [-0.05, 0) is 120 Å². The molecule has 0 bridgehead atoms. The van der Waals surface area contributed by atoms with Crippen molar-refractivity contribution in [3.8, 4) is 22.8 Å². The van der Waals surface area contributed by atoms with Crippen molar-refractivity contribution in [1.29, 1.82) is 0 Å². The zero-order valence-corrected chi connectivity index (χ0v) is 35.6. The lowest BCUT2D eigenvalue weighted by atomic mass is 9.83. The van der Waals surface area contributed by atoms with E-state index in [1.165, 1.54) is 12.7 Å². The van der Waals surface area contributed by atoms with Gasteiger partial charge in [0, 0.05) is 57.9 Å². The summed E-state index contributed by atoms with van der Waals surface area (Å²) in [5.41, 5.74) is 3.20. The fraction of sp³-hybridized carbons (Fsp3) is 0.556. The minimum Gasteiger partial charge on any atom is -0.376 e. The van der Waals surface area contributed by atoms with Gasteiger partial charge in [-0.1, -0.05) is 6.07 Å². The monoisotopic (exact) mass is 832 g/mol. The molecule has 8 rings (SSSR count). The van der Waals surface area contributed by atoms with E-state index < -0.39 is 5.60 Å². The highest BCUT2D eigenvalue weighted by molar-refractivity contribution is 5.93. The van der Waals surface area contributed by atoms with E-state index in [-0.39, 0.29) is 29.3 Å². The Hall–Kier alpha value is -5.16. The Morgan fingerprint density at radius 1 is 0.672 bits per heavy atom. The Balaban J connectivity index is 0.936. The highest BCUT2D eigenvalue weighted by Crippen LogP contribution is 2.35. The van der Waals surface area contributed by atoms with Gasteiger partial charge in [-0.2, -0.15) is 0 Å². The SMILES string of the molecule is CC1(C)CC(CNc2cc(CC3(C)CC(CNc4cccc(-c5cc(NC(=O)C6CCCNC6)ncn5)n4)CCO3)cc(-c3cc(NC(=O)C4CCNC4)ncn3)n2)CCO1. The van der Waals surface area contributed by atoms with Gasteiger partial charge in [0.2, 0.25) is 11.8 Å². The van der Waals surface area contributed by atoms with Gasteiger partial charge < -0.3 is 41.4 Å². The highest BCUT2D eigenvalue weighted by atomic mass is 16.5. The van der Waals surface area contributed by atoms with Crippen LogP contribution in [-0.2, 0) is 25.5 Å². The molecule has 4 saturated heterocycles. The van der Waals surface area contributed by atoms with Crippen molar-refractivity contribution < 1.29 is 19.1 Å². The second kappa shape index (κ2) is 19.3. The molecule has 4 aliphatic rings. The van der Waals surface area contributed by atoms with Crippen LogP contribution in [0.4, 0.5) is 23.3 Å². The van der Waals surface area contributed by atoms with Crippen LogP contribution in [0.25, 0.3) is 22.8 Å². The maximum absolute atomic E-state index is 12.9. The van der Waals surface area contributed by atoms with Crippen LogP contribution in [0.2, 0.25) is 0 Å². The molecule has 16 nitrogen and oxygen atoms in total. The number of hydrogen-bond donors (Lipinski definition) is 6. The smallest absolute Gasteiger partial charge is 0.229 e. The first-order valence-corrected chi connectivity index (χ1v) is 22.0. The lowest BCUT2D eigenvalue weighted by molar-refractivity contribution is -0.120. The standard InChI is InChI=1S/C45H60N12O4/c1-44(2)20-29(10-14-60-44)23-49-39-17-31(16-37(55-39)36-19-41(53-28-51-36)57-43(59)33-9-13-47-26-33)22-45(3)21-30(11-15-61-45)24-48-38-8-4-7-34(54-38)35-18-40(52-27-50-35)56-42(58)32-6-5-12-46-25-32/h4,7-8,16-19,27-30,32-33,46-47H,5-6,9-15,20-26H2,1-3H3,(H,48,54)(H,49,55)(H,50,52,56,58)(H,51,53,57,59). The molecule has 8 heterocycles. The van der Waals surface area contributed by atoms with E-state index in [0.29, 0.717) is 72.4 Å². The van der Waals surface area contributed by atoms with Crippen molar-refractivity contribution in [2.75, 3.05) is 73.7 Å². The van der Waals surface area contributed by atoms with E-state index in [1.807, 2.05) is 18.2 Å². The number of nitrogens with one attached hydrogen (secondary N) is 6. The summed E-state index contributed by atoms with van der Waals surface area (Å²) in [6, 6.07) is 13.6. The number of piperidine rings is 1. The molecule has 0 saturated carbocycles. The number of ether oxygens (including phenoxy) is 2. The van der Waals surface area contributed by atoms with Gasteiger partial charge >= 0.3 is 0 Å². The number of amides is 2. The molecule has 2 amide bonds. The number of anilines is 4. The van der Waals surface area contributed by atoms with Crippen molar-refractivity contribution in [2.24, 2.45) is 23.7 Å². The molecule has 4 aromatic heterocycles. The Labute approximate surface area is 358 Å². The fourth-order valence-corrected chi connectivity index (χ4v) is 9.13. The van der Waals surface area contributed by atoms with E-state index in [4.69, 9.17) is 19.4 Å². The summed E-state index contributed by atoms with van der Waals surface area (Å²) in [5.74, 6) is 3.06. The van der Waals surface area contributed by atoms with Crippen LogP contribution in [0.5, 0.6) is 0 Å². The van der Waals surface area contributed by atoms with Gasteiger partial charge in [0.1, 0.15) is 35.9 Å². The van der Waals surface area contributed by atoms with Crippen LogP contribution < -0.4 is 31.9 Å². The summed E-state index contributed by atoms with van der Waals surface area (Å²) in [6.07, 6.45) is 10.0. The Bertz CT molecular complexity index is 2140. The highest BCUT2D eigenvalue weighted by Gasteiger charge is 2.34. The van der Waals surface area contributed by atoms with Crippen LogP contribution in [0, 0.1) is 23.7 Å². The first kappa shape index (κ1) is 42.5. The minimum atomic E-state index is -0.421. The molecule has 0 spiro atoms. The zero-order chi connectivity index (χ0) is 42.2. The van der Waals surface area contributed by atoms with Crippen molar-refractivity contribution in [3.63, 3.8) is 0 Å². The largest absolute Gasteiger partial charge is 0.376 e.